The van der Waals surface area contributed by atoms with Gasteiger partial charge in [-0.25, -0.2) is 0 Å². The molecule has 1 aromatic rings. The minimum absolute atomic E-state index is 0.420. The molecule has 1 atom stereocenters. The Morgan fingerprint density at radius 2 is 2.38 bits per heavy atom. The number of hydrogen-bond donors (Lipinski definition) is 1. The summed E-state index contributed by atoms with van der Waals surface area (Å²) in [4.78, 5) is 0. The summed E-state index contributed by atoms with van der Waals surface area (Å²) < 4.78 is 6.75. The van der Waals surface area contributed by atoms with Crippen molar-refractivity contribution in [2.45, 2.75) is 32.4 Å². The molecule has 3 heteroatoms. The van der Waals surface area contributed by atoms with Gasteiger partial charge in [0.15, 0.2) is 0 Å². The second kappa shape index (κ2) is 5.80. The summed E-state index contributed by atoms with van der Waals surface area (Å²) in [6.07, 6.45) is 2.83. The average Bonchev–Trinajstić information content (AvgIpc) is 2.76. The molecule has 0 amide bonds. The van der Waals surface area contributed by atoms with Crippen LogP contribution in [0.2, 0.25) is 0 Å². The molecule has 1 fully saturated rings. The molecule has 88 valence electrons. The zero-order chi connectivity index (χ0) is 11.4. The van der Waals surface area contributed by atoms with Crippen molar-refractivity contribution in [3.8, 4) is 0 Å². The molecule has 0 bridgehead atoms. The molecular weight excluding hydrogens is 266 g/mol. The van der Waals surface area contributed by atoms with E-state index in [9.17, 15) is 0 Å². The summed E-state index contributed by atoms with van der Waals surface area (Å²) >= 11 is 3.57. The molecule has 1 aliphatic rings. The monoisotopic (exact) mass is 283 g/mol. The summed E-state index contributed by atoms with van der Waals surface area (Å²) in [5.74, 6) is 0. The molecule has 1 saturated heterocycles. The van der Waals surface area contributed by atoms with Crippen molar-refractivity contribution in [3.63, 3.8) is 0 Å². The van der Waals surface area contributed by atoms with Crippen molar-refractivity contribution >= 4 is 15.9 Å². The van der Waals surface area contributed by atoms with Crippen LogP contribution in [0.3, 0.4) is 0 Å². The highest BCUT2D eigenvalue weighted by molar-refractivity contribution is 9.10. The SMILES string of the molecule is Cc1ccc(Br)c(CNCC2CCCO2)c1. The molecule has 0 saturated carbocycles. The highest BCUT2D eigenvalue weighted by Gasteiger charge is 2.14. The van der Waals surface area contributed by atoms with Gasteiger partial charge in [0.05, 0.1) is 6.10 Å². The third kappa shape index (κ3) is 3.30. The first-order chi connectivity index (χ1) is 7.75. The summed E-state index contributed by atoms with van der Waals surface area (Å²) in [6, 6.07) is 6.44. The Bertz CT molecular complexity index is 348. The quantitative estimate of drug-likeness (QED) is 0.917. The predicted octanol–water partition coefficient (Wildman–Crippen LogP) is 3.03. The van der Waals surface area contributed by atoms with Gasteiger partial charge in [-0.1, -0.05) is 33.6 Å². The second-order valence-corrected chi connectivity index (χ2v) is 5.22. The van der Waals surface area contributed by atoms with Gasteiger partial charge in [0.2, 0.25) is 0 Å². The van der Waals surface area contributed by atoms with Crippen LogP contribution in [0.25, 0.3) is 0 Å². The van der Waals surface area contributed by atoms with E-state index in [4.69, 9.17) is 4.74 Å². The van der Waals surface area contributed by atoms with Crippen molar-refractivity contribution in [1.82, 2.24) is 5.32 Å². The zero-order valence-electron chi connectivity index (χ0n) is 9.63. The van der Waals surface area contributed by atoms with E-state index in [0.717, 1.165) is 19.7 Å². The van der Waals surface area contributed by atoms with Crippen LogP contribution in [0.5, 0.6) is 0 Å². The van der Waals surface area contributed by atoms with Crippen LogP contribution in [-0.4, -0.2) is 19.3 Å². The van der Waals surface area contributed by atoms with E-state index in [1.165, 1.54) is 28.4 Å². The normalized spacial score (nSPS) is 20.2. The van der Waals surface area contributed by atoms with Crippen molar-refractivity contribution in [2.24, 2.45) is 0 Å². The lowest BCUT2D eigenvalue weighted by atomic mass is 10.1. The van der Waals surface area contributed by atoms with E-state index >= 15 is 0 Å². The molecule has 0 aromatic heterocycles. The van der Waals surface area contributed by atoms with Crippen molar-refractivity contribution in [1.29, 1.82) is 0 Å². The van der Waals surface area contributed by atoms with E-state index in [1.807, 2.05) is 0 Å². The number of ether oxygens (including phenoxy) is 1. The van der Waals surface area contributed by atoms with E-state index in [1.54, 1.807) is 0 Å². The first-order valence-corrected chi connectivity index (χ1v) is 6.62. The Morgan fingerprint density at radius 1 is 1.50 bits per heavy atom. The van der Waals surface area contributed by atoms with Crippen LogP contribution in [-0.2, 0) is 11.3 Å². The van der Waals surface area contributed by atoms with Crippen LogP contribution < -0.4 is 5.32 Å². The standard InChI is InChI=1S/C13H18BrNO/c1-10-4-5-13(14)11(7-10)8-15-9-12-3-2-6-16-12/h4-5,7,12,15H,2-3,6,8-9H2,1H3. The van der Waals surface area contributed by atoms with Gasteiger partial charge in [-0.3, -0.25) is 0 Å². The smallest absolute Gasteiger partial charge is 0.0700 e. The van der Waals surface area contributed by atoms with E-state index in [0.29, 0.717) is 6.10 Å². The first-order valence-electron chi connectivity index (χ1n) is 5.83. The average molecular weight is 284 g/mol. The third-order valence-corrected chi connectivity index (χ3v) is 3.69. The van der Waals surface area contributed by atoms with Crippen molar-refractivity contribution < 1.29 is 4.74 Å². The molecule has 0 spiro atoms. The Hall–Kier alpha value is -0.380. The third-order valence-electron chi connectivity index (χ3n) is 2.91. The topological polar surface area (TPSA) is 21.3 Å². The van der Waals surface area contributed by atoms with Crippen LogP contribution >= 0.6 is 15.9 Å². The highest BCUT2D eigenvalue weighted by Crippen LogP contribution is 2.18. The molecule has 16 heavy (non-hydrogen) atoms. The van der Waals surface area contributed by atoms with Crippen LogP contribution in [0.15, 0.2) is 22.7 Å². The van der Waals surface area contributed by atoms with Gasteiger partial charge in [-0.2, -0.15) is 0 Å². The largest absolute Gasteiger partial charge is 0.377 e. The Labute approximate surface area is 106 Å². The molecule has 1 N–H and O–H groups in total. The molecule has 2 nitrogen and oxygen atoms in total. The highest BCUT2D eigenvalue weighted by atomic mass is 79.9. The Morgan fingerprint density at radius 3 is 3.12 bits per heavy atom. The summed E-state index contributed by atoms with van der Waals surface area (Å²) in [5.41, 5.74) is 2.62. The molecule has 1 heterocycles. The van der Waals surface area contributed by atoms with Crippen LogP contribution in [0.1, 0.15) is 24.0 Å². The minimum Gasteiger partial charge on any atom is -0.377 e. The van der Waals surface area contributed by atoms with Crippen LogP contribution in [0.4, 0.5) is 0 Å². The number of hydrogen-bond acceptors (Lipinski definition) is 2. The number of rotatable bonds is 4. The summed E-state index contributed by atoms with van der Waals surface area (Å²) in [5, 5.41) is 3.46. The molecule has 0 radical (unpaired) electrons. The van der Waals surface area contributed by atoms with Gasteiger partial charge in [-0.15, -0.1) is 0 Å². The lowest BCUT2D eigenvalue weighted by molar-refractivity contribution is 0.110. The van der Waals surface area contributed by atoms with Gasteiger partial charge < -0.3 is 10.1 Å². The number of nitrogens with one attached hydrogen (secondary N) is 1. The maximum atomic E-state index is 5.57. The second-order valence-electron chi connectivity index (χ2n) is 4.36. The van der Waals surface area contributed by atoms with Gasteiger partial charge >= 0.3 is 0 Å². The maximum absolute atomic E-state index is 5.57. The van der Waals surface area contributed by atoms with E-state index in [2.05, 4.69) is 46.4 Å². The summed E-state index contributed by atoms with van der Waals surface area (Å²) in [6.45, 7) is 4.92. The van der Waals surface area contributed by atoms with Gasteiger partial charge in [-0.05, 0) is 31.4 Å². The van der Waals surface area contributed by atoms with Crippen LogP contribution in [0, 0.1) is 6.92 Å². The fourth-order valence-electron chi connectivity index (χ4n) is 2.01. The van der Waals surface area contributed by atoms with Gasteiger partial charge in [0.25, 0.3) is 0 Å². The first kappa shape index (κ1) is 12.1. The van der Waals surface area contributed by atoms with Crippen molar-refractivity contribution in [2.75, 3.05) is 13.2 Å². The zero-order valence-corrected chi connectivity index (χ0v) is 11.2. The summed E-state index contributed by atoms with van der Waals surface area (Å²) in [7, 11) is 0. The molecule has 1 aromatic carbocycles. The molecule has 0 aliphatic carbocycles. The van der Waals surface area contributed by atoms with Crippen molar-refractivity contribution in [3.05, 3.63) is 33.8 Å². The lowest BCUT2D eigenvalue weighted by Crippen LogP contribution is -2.25. The van der Waals surface area contributed by atoms with E-state index in [-0.39, 0.29) is 0 Å². The fourth-order valence-corrected chi connectivity index (χ4v) is 2.40. The molecule has 2 rings (SSSR count). The van der Waals surface area contributed by atoms with Gasteiger partial charge in [0.1, 0.15) is 0 Å². The molecular formula is C13H18BrNO. The molecule has 1 unspecified atom stereocenters. The lowest BCUT2D eigenvalue weighted by Gasteiger charge is -2.12. The Balaban J connectivity index is 1.82. The maximum Gasteiger partial charge on any atom is 0.0700 e. The predicted molar refractivity (Wildman–Crippen MR) is 69.6 cm³/mol. The fraction of sp³-hybridized carbons (Fsp3) is 0.538. The van der Waals surface area contributed by atoms with E-state index < -0.39 is 0 Å². The van der Waals surface area contributed by atoms with Gasteiger partial charge in [0, 0.05) is 24.2 Å². The molecule has 1 aliphatic heterocycles. The minimum atomic E-state index is 0.420. The number of benzene rings is 1. The number of aryl methyl sites for hydroxylation is 1. The number of halogens is 1. The Kier molecular flexibility index (Phi) is 4.38.